The summed E-state index contributed by atoms with van der Waals surface area (Å²) in [6.45, 7) is 2.20. The number of thioether (sulfide) groups is 1. The highest BCUT2D eigenvalue weighted by atomic mass is 32.2. The number of imide groups is 1. The Balaban J connectivity index is 1.58. The zero-order chi connectivity index (χ0) is 14.4. The molecule has 2 aliphatic heterocycles. The molecular weight excluding hydrogens is 280 g/mol. The SMILES string of the molecule is O=C(CCC1CCOCC1)NCCN1C(=O)CSC1=O. The van der Waals surface area contributed by atoms with Gasteiger partial charge in [0.2, 0.25) is 11.8 Å². The second kappa shape index (κ2) is 7.64. The number of nitrogens with one attached hydrogen (secondary N) is 1. The first-order valence-electron chi connectivity index (χ1n) is 6.98. The summed E-state index contributed by atoms with van der Waals surface area (Å²) in [5.74, 6) is 0.614. The molecule has 2 heterocycles. The van der Waals surface area contributed by atoms with Gasteiger partial charge in [0, 0.05) is 32.7 Å². The molecule has 0 aromatic carbocycles. The van der Waals surface area contributed by atoms with Crippen LogP contribution in [0.4, 0.5) is 4.79 Å². The lowest BCUT2D eigenvalue weighted by molar-refractivity contribution is -0.125. The van der Waals surface area contributed by atoms with Gasteiger partial charge in [-0.05, 0) is 25.2 Å². The van der Waals surface area contributed by atoms with Crippen LogP contribution in [0.1, 0.15) is 25.7 Å². The predicted molar refractivity (Wildman–Crippen MR) is 75.4 cm³/mol. The molecule has 2 fully saturated rings. The number of carbonyl (C=O) groups is 3. The van der Waals surface area contributed by atoms with Crippen LogP contribution in [0.2, 0.25) is 0 Å². The summed E-state index contributed by atoms with van der Waals surface area (Å²) in [5.41, 5.74) is 0. The van der Waals surface area contributed by atoms with E-state index in [0.29, 0.717) is 18.9 Å². The average Bonchev–Trinajstić information content (AvgIpc) is 2.78. The molecule has 2 aliphatic rings. The number of rotatable bonds is 6. The van der Waals surface area contributed by atoms with E-state index in [-0.39, 0.29) is 29.4 Å². The maximum absolute atomic E-state index is 11.7. The van der Waals surface area contributed by atoms with Gasteiger partial charge in [-0.15, -0.1) is 0 Å². The van der Waals surface area contributed by atoms with Crippen molar-refractivity contribution in [2.75, 3.05) is 32.1 Å². The fraction of sp³-hybridized carbons (Fsp3) is 0.769. The van der Waals surface area contributed by atoms with Crippen LogP contribution in [0.15, 0.2) is 0 Å². The van der Waals surface area contributed by atoms with Crippen LogP contribution in [0.3, 0.4) is 0 Å². The standard InChI is InChI=1S/C13H20N2O4S/c16-11(2-1-10-3-7-19-8-4-10)14-5-6-15-12(17)9-20-13(15)18/h10H,1-9H2,(H,14,16). The topological polar surface area (TPSA) is 75.7 Å². The van der Waals surface area contributed by atoms with Gasteiger partial charge in [0.1, 0.15) is 0 Å². The summed E-state index contributed by atoms with van der Waals surface area (Å²) in [4.78, 5) is 35.6. The minimum absolute atomic E-state index is 0.0109. The first kappa shape index (κ1) is 15.3. The van der Waals surface area contributed by atoms with E-state index in [9.17, 15) is 14.4 Å². The predicted octanol–water partition coefficient (Wildman–Crippen LogP) is 1.00. The van der Waals surface area contributed by atoms with Gasteiger partial charge in [0.05, 0.1) is 5.75 Å². The zero-order valence-electron chi connectivity index (χ0n) is 11.4. The highest BCUT2D eigenvalue weighted by Crippen LogP contribution is 2.20. The van der Waals surface area contributed by atoms with E-state index in [2.05, 4.69) is 5.32 Å². The lowest BCUT2D eigenvalue weighted by Crippen LogP contribution is -2.37. The summed E-state index contributed by atoms with van der Waals surface area (Å²) >= 11 is 1.01. The number of nitrogens with zero attached hydrogens (tertiary/aromatic N) is 1. The molecule has 6 nitrogen and oxygen atoms in total. The Labute approximate surface area is 122 Å². The smallest absolute Gasteiger partial charge is 0.288 e. The van der Waals surface area contributed by atoms with Crippen molar-refractivity contribution >= 4 is 28.8 Å². The summed E-state index contributed by atoms with van der Waals surface area (Å²) in [7, 11) is 0. The normalized spacial score (nSPS) is 20.5. The fourth-order valence-corrected chi connectivity index (χ4v) is 3.11. The number of carbonyl (C=O) groups excluding carboxylic acids is 3. The van der Waals surface area contributed by atoms with Gasteiger partial charge < -0.3 is 10.1 Å². The molecule has 0 saturated carbocycles. The third kappa shape index (κ3) is 4.49. The van der Waals surface area contributed by atoms with Gasteiger partial charge in [-0.2, -0.15) is 0 Å². The fourth-order valence-electron chi connectivity index (χ4n) is 2.36. The van der Waals surface area contributed by atoms with Crippen molar-refractivity contribution in [3.8, 4) is 0 Å². The molecule has 0 aromatic heterocycles. The van der Waals surface area contributed by atoms with Crippen molar-refractivity contribution in [2.24, 2.45) is 5.92 Å². The van der Waals surface area contributed by atoms with Crippen molar-refractivity contribution in [2.45, 2.75) is 25.7 Å². The monoisotopic (exact) mass is 300 g/mol. The summed E-state index contributed by atoms with van der Waals surface area (Å²) < 4.78 is 5.28. The molecular formula is C13H20N2O4S. The maximum Gasteiger partial charge on any atom is 0.288 e. The highest BCUT2D eigenvalue weighted by molar-refractivity contribution is 8.14. The lowest BCUT2D eigenvalue weighted by atomic mass is 9.95. The van der Waals surface area contributed by atoms with E-state index in [1.165, 1.54) is 4.90 Å². The van der Waals surface area contributed by atoms with Gasteiger partial charge in [0.15, 0.2) is 0 Å². The van der Waals surface area contributed by atoms with Crippen molar-refractivity contribution in [3.05, 3.63) is 0 Å². The number of amides is 3. The van der Waals surface area contributed by atoms with Gasteiger partial charge in [-0.25, -0.2) is 0 Å². The average molecular weight is 300 g/mol. The second-order valence-corrected chi connectivity index (χ2v) is 5.97. The molecule has 7 heteroatoms. The van der Waals surface area contributed by atoms with Crippen LogP contribution in [-0.4, -0.2) is 54.0 Å². The third-order valence-corrected chi connectivity index (χ3v) is 4.48. The quantitative estimate of drug-likeness (QED) is 0.792. The van der Waals surface area contributed by atoms with E-state index in [0.717, 1.165) is 44.2 Å². The first-order valence-corrected chi connectivity index (χ1v) is 7.97. The van der Waals surface area contributed by atoms with E-state index in [4.69, 9.17) is 4.74 Å². The minimum Gasteiger partial charge on any atom is -0.381 e. The van der Waals surface area contributed by atoms with Crippen LogP contribution in [0.25, 0.3) is 0 Å². The molecule has 0 radical (unpaired) electrons. The lowest BCUT2D eigenvalue weighted by Gasteiger charge is -2.21. The molecule has 0 unspecified atom stereocenters. The highest BCUT2D eigenvalue weighted by Gasteiger charge is 2.29. The van der Waals surface area contributed by atoms with Crippen LogP contribution >= 0.6 is 11.8 Å². The maximum atomic E-state index is 11.7. The summed E-state index contributed by atoms with van der Waals surface area (Å²) in [5, 5.41) is 2.55. The molecule has 2 rings (SSSR count). The Morgan fingerprint density at radius 1 is 1.35 bits per heavy atom. The van der Waals surface area contributed by atoms with Crippen molar-refractivity contribution in [3.63, 3.8) is 0 Å². The second-order valence-electron chi connectivity index (χ2n) is 5.04. The van der Waals surface area contributed by atoms with E-state index in [1.54, 1.807) is 0 Å². The molecule has 2 saturated heterocycles. The molecule has 1 N–H and O–H groups in total. The van der Waals surface area contributed by atoms with E-state index >= 15 is 0 Å². The van der Waals surface area contributed by atoms with E-state index < -0.39 is 0 Å². The van der Waals surface area contributed by atoms with Crippen molar-refractivity contribution in [1.29, 1.82) is 0 Å². The minimum atomic E-state index is -0.216. The van der Waals surface area contributed by atoms with Gasteiger partial charge in [-0.1, -0.05) is 11.8 Å². The Morgan fingerprint density at radius 2 is 2.10 bits per heavy atom. The largest absolute Gasteiger partial charge is 0.381 e. The van der Waals surface area contributed by atoms with Gasteiger partial charge >= 0.3 is 0 Å². The molecule has 3 amide bonds. The Kier molecular flexibility index (Phi) is 5.85. The van der Waals surface area contributed by atoms with E-state index in [1.807, 2.05) is 0 Å². The van der Waals surface area contributed by atoms with Gasteiger partial charge in [-0.3, -0.25) is 19.3 Å². The van der Waals surface area contributed by atoms with Crippen molar-refractivity contribution in [1.82, 2.24) is 10.2 Å². The van der Waals surface area contributed by atoms with Gasteiger partial charge in [0.25, 0.3) is 5.24 Å². The molecule has 0 aromatic rings. The molecule has 0 atom stereocenters. The van der Waals surface area contributed by atoms with Crippen LogP contribution < -0.4 is 5.32 Å². The molecule has 112 valence electrons. The Bertz CT molecular complexity index is 367. The van der Waals surface area contributed by atoms with Crippen molar-refractivity contribution < 1.29 is 19.1 Å². The molecule has 20 heavy (non-hydrogen) atoms. The molecule has 0 aliphatic carbocycles. The Morgan fingerprint density at radius 3 is 2.75 bits per heavy atom. The van der Waals surface area contributed by atoms with Crippen LogP contribution in [-0.2, 0) is 14.3 Å². The van der Waals surface area contributed by atoms with Crippen LogP contribution in [0, 0.1) is 5.92 Å². The summed E-state index contributed by atoms with van der Waals surface area (Å²) in [6, 6.07) is 0. The first-order chi connectivity index (χ1) is 9.66. The number of hydrogen-bond donors (Lipinski definition) is 1. The Hall–Kier alpha value is -1.08. The zero-order valence-corrected chi connectivity index (χ0v) is 12.2. The third-order valence-electron chi connectivity index (χ3n) is 3.62. The molecule has 0 spiro atoms. The summed E-state index contributed by atoms with van der Waals surface area (Å²) in [6.07, 6.45) is 3.44. The number of ether oxygens (including phenoxy) is 1. The molecule has 0 bridgehead atoms. The van der Waals surface area contributed by atoms with Crippen LogP contribution in [0.5, 0.6) is 0 Å². The number of hydrogen-bond acceptors (Lipinski definition) is 5.